The lowest BCUT2D eigenvalue weighted by atomic mass is 10.3. The molecule has 0 bridgehead atoms. The first-order valence-electron chi connectivity index (χ1n) is 2.66. The first kappa shape index (κ1) is 7.59. The van der Waals surface area contributed by atoms with Crippen LogP contribution in [0.2, 0.25) is 0 Å². The molecule has 0 aliphatic rings. The molecule has 1 aromatic rings. The summed E-state index contributed by atoms with van der Waals surface area (Å²) in [7, 11) is 0. The molecule has 0 saturated heterocycles. The van der Waals surface area contributed by atoms with Crippen LogP contribution in [0.3, 0.4) is 0 Å². The van der Waals surface area contributed by atoms with E-state index in [2.05, 4.69) is 5.18 Å². The van der Waals surface area contributed by atoms with Gasteiger partial charge in [-0.1, -0.05) is 0 Å². The van der Waals surface area contributed by atoms with Gasteiger partial charge in [0.05, 0.1) is 0 Å². The van der Waals surface area contributed by atoms with Crippen molar-refractivity contribution >= 4 is 5.69 Å². The molecule has 0 saturated carbocycles. The Morgan fingerprint density at radius 1 is 1.36 bits per heavy atom. The van der Waals surface area contributed by atoms with E-state index in [0.717, 1.165) is 0 Å². The smallest absolute Gasteiger partial charge is 0.185 e. The van der Waals surface area contributed by atoms with Crippen LogP contribution in [-0.2, 0) is 0 Å². The molecule has 1 N–H and O–H groups in total. The highest BCUT2D eigenvalue weighted by Gasteiger charge is 2.10. The van der Waals surface area contributed by atoms with Crippen LogP contribution in [0, 0.1) is 16.5 Å². The Morgan fingerprint density at radius 2 is 2.00 bits per heavy atom. The second-order valence-electron chi connectivity index (χ2n) is 1.85. The van der Waals surface area contributed by atoms with Gasteiger partial charge in [0.15, 0.2) is 17.3 Å². The number of hydrogen-bond donors (Lipinski definition) is 1. The lowest BCUT2D eigenvalue weighted by Gasteiger charge is -1.96. The number of hydrogen-bond acceptors (Lipinski definition) is 3. The number of benzene rings is 1. The van der Waals surface area contributed by atoms with Gasteiger partial charge in [-0.15, -0.1) is 4.91 Å². The molecule has 5 heteroatoms. The fourth-order valence-corrected chi connectivity index (χ4v) is 0.643. The fourth-order valence-electron chi connectivity index (χ4n) is 0.643. The quantitative estimate of drug-likeness (QED) is 0.637. The van der Waals surface area contributed by atoms with Gasteiger partial charge in [0.1, 0.15) is 5.82 Å². The molecule has 58 valence electrons. The molecule has 0 amide bonds. The van der Waals surface area contributed by atoms with E-state index in [1.54, 1.807) is 0 Å². The number of phenols is 1. The molecule has 1 rings (SSSR count). The minimum Gasteiger partial charge on any atom is -0.505 e. The maximum atomic E-state index is 12.4. The van der Waals surface area contributed by atoms with E-state index in [0.29, 0.717) is 12.1 Å². The predicted molar refractivity (Wildman–Crippen MR) is 33.5 cm³/mol. The van der Waals surface area contributed by atoms with E-state index in [4.69, 9.17) is 5.11 Å². The largest absolute Gasteiger partial charge is 0.505 e. The summed E-state index contributed by atoms with van der Waals surface area (Å²) in [6.45, 7) is 0. The maximum absolute atomic E-state index is 12.4. The molecule has 0 heterocycles. The number of rotatable bonds is 1. The summed E-state index contributed by atoms with van der Waals surface area (Å²) in [5.74, 6) is -2.91. The third-order valence-electron chi connectivity index (χ3n) is 1.10. The summed E-state index contributed by atoms with van der Waals surface area (Å²) >= 11 is 0. The van der Waals surface area contributed by atoms with Crippen LogP contribution < -0.4 is 0 Å². The van der Waals surface area contributed by atoms with Crippen LogP contribution in [0.25, 0.3) is 0 Å². The van der Waals surface area contributed by atoms with Crippen molar-refractivity contribution in [2.24, 2.45) is 5.18 Å². The normalized spacial score (nSPS) is 9.64. The molecule has 0 atom stereocenters. The molecule has 1 aromatic carbocycles. The van der Waals surface area contributed by atoms with Crippen molar-refractivity contribution < 1.29 is 13.9 Å². The molecular weight excluding hydrogens is 156 g/mol. The number of nitrogens with zero attached hydrogens (tertiary/aromatic N) is 1. The van der Waals surface area contributed by atoms with Crippen molar-refractivity contribution in [3.63, 3.8) is 0 Å². The highest BCUT2D eigenvalue weighted by atomic mass is 19.1. The average Bonchev–Trinajstić information content (AvgIpc) is 1.85. The summed E-state index contributed by atoms with van der Waals surface area (Å²) < 4.78 is 24.6. The highest BCUT2D eigenvalue weighted by molar-refractivity contribution is 5.51. The Bertz CT molecular complexity index is 278. The summed E-state index contributed by atoms with van der Waals surface area (Å²) in [5.41, 5.74) is -0.772. The van der Waals surface area contributed by atoms with E-state index in [1.807, 2.05) is 0 Å². The zero-order valence-electron chi connectivity index (χ0n) is 5.21. The minimum atomic E-state index is -1.17. The van der Waals surface area contributed by atoms with Crippen LogP contribution in [0.1, 0.15) is 0 Å². The van der Waals surface area contributed by atoms with E-state index in [-0.39, 0.29) is 0 Å². The van der Waals surface area contributed by atoms with Gasteiger partial charge in [-0.05, 0) is 5.18 Å². The van der Waals surface area contributed by atoms with Gasteiger partial charge in [-0.2, -0.15) is 0 Å². The van der Waals surface area contributed by atoms with E-state index >= 15 is 0 Å². The molecule has 0 aliphatic carbocycles. The van der Waals surface area contributed by atoms with E-state index < -0.39 is 23.1 Å². The molecule has 0 unspecified atom stereocenters. The standard InChI is InChI=1S/C6H3F2NO2/c7-3-1-4(8)6(9-11)5(10)2-3/h1-2,10H. The Labute approximate surface area is 60.3 Å². The van der Waals surface area contributed by atoms with Gasteiger partial charge in [0.2, 0.25) is 0 Å². The minimum absolute atomic E-state index is 0.469. The fraction of sp³-hybridized carbons (Fsp3) is 0. The summed E-state index contributed by atoms with van der Waals surface area (Å²) in [6, 6.07) is 1.08. The highest BCUT2D eigenvalue weighted by Crippen LogP contribution is 2.29. The zero-order chi connectivity index (χ0) is 8.43. The average molecular weight is 159 g/mol. The van der Waals surface area contributed by atoms with Gasteiger partial charge >= 0.3 is 0 Å². The van der Waals surface area contributed by atoms with Crippen molar-refractivity contribution in [2.75, 3.05) is 0 Å². The Morgan fingerprint density at radius 3 is 2.45 bits per heavy atom. The van der Waals surface area contributed by atoms with E-state index in [9.17, 15) is 13.7 Å². The summed E-state index contributed by atoms with van der Waals surface area (Å²) in [6.07, 6.45) is 0. The summed E-state index contributed by atoms with van der Waals surface area (Å²) in [5, 5.41) is 10.9. The van der Waals surface area contributed by atoms with Crippen LogP contribution in [0.15, 0.2) is 17.3 Å². The third kappa shape index (κ3) is 1.31. The summed E-state index contributed by atoms with van der Waals surface area (Å²) in [4.78, 5) is 9.79. The lowest BCUT2D eigenvalue weighted by molar-refractivity contribution is 0.463. The number of phenolic OH excluding ortho intramolecular Hbond substituents is 1. The maximum Gasteiger partial charge on any atom is 0.185 e. The van der Waals surface area contributed by atoms with Gasteiger partial charge in [0.25, 0.3) is 0 Å². The van der Waals surface area contributed by atoms with Gasteiger partial charge in [-0.3, -0.25) is 0 Å². The lowest BCUT2D eigenvalue weighted by Crippen LogP contribution is -1.80. The molecule has 3 nitrogen and oxygen atoms in total. The Kier molecular flexibility index (Phi) is 1.80. The van der Waals surface area contributed by atoms with Crippen LogP contribution in [-0.4, -0.2) is 5.11 Å². The first-order chi connectivity index (χ1) is 5.15. The SMILES string of the molecule is O=Nc1c(O)cc(F)cc1F. The molecular formula is C6H3F2NO2. The van der Waals surface area contributed by atoms with Gasteiger partial charge in [0, 0.05) is 12.1 Å². The second-order valence-corrected chi connectivity index (χ2v) is 1.85. The second kappa shape index (κ2) is 2.61. The number of aromatic hydroxyl groups is 1. The molecule has 0 radical (unpaired) electrons. The number of nitroso groups, excluding NO2 is 1. The van der Waals surface area contributed by atoms with Crippen LogP contribution in [0.5, 0.6) is 5.75 Å². The van der Waals surface area contributed by atoms with Crippen molar-refractivity contribution in [2.45, 2.75) is 0 Å². The number of halogens is 2. The van der Waals surface area contributed by atoms with E-state index in [1.165, 1.54) is 0 Å². The van der Waals surface area contributed by atoms with Crippen molar-refractivity contribution in [1.29, 1.82) is 0 Å². The van der Waals surface area contributed by atoms with Crippen molar-refractivity contribution in [1.82, 2.24) is 0 Å². The topological polar surface area (TPSA) is 49.7 Å². The molecule has 11 heavy (non-hydrogen) atoms. The molecule has 0 spiro atoms. The molecule has 0 aliphatic heterocycles. The van der Waals surface area contributed by atoms with Crippen LogP contribution in [0.4, 0.5) is 14.5 Å². The molecule has 0 aromatic heterocycles. The van der Waals surface area contributed by atoms with Gasteiger partial charge in [-0.25, -0.2) is 8.78 Å². The monoisotopic (exact) mass is 159 g/mol. The third-order valence-corrected chi connectivity index (χ3v) is 1.10. The molecule has 0 fully saturated rings. The Hall–Kier alpha value is -1.52. The van der Waals surface area contributed by atoms with Crippen LogP contribution >= 0.6 is 0 Å². The van der Waals surface area contributed by atoms with Gasteiger partial charge < -0.3 is 5.11 Å². The Balaban J connectivity index is 3.36. The van der Waals surface area contributed by atoms with Crippen molar-refractivity contribution in [3.05, 3.63) is 28.7 Å². The predicted octanol–water partition coefficient (Wildman–Crippen LogP) is 2.07. The zero-order valence-corrected chi connectivity index (χ0v) is 5.21. The van der Waals surface area contributed by atoms with Crippen molar-refractivity contribution in [3.8, 4) is 5.75 Å². The first-order valence-corrected chi connectivity index (χ1v) is 2.66.